The maximum absolute atomic E-state index is 10.8. The van der Waals surface area contributed by atoms with Crippen molar-refractivity contribution in [2.24, 2.45) is 0 Å². The van der Waals surface area contributed by atoms with Crippen molar-refractivity contribution in [3.63, 3.8) is 0 Å². The molecule has 0 fully saturated rings. The predicted molar refractivity (Wildman–Crippen MR) is 52.7 cm³/mol. The number of amides is 1. The Bertz CT molecular complexity index is 392. The molecule has 2 N–H and O–H groups in total. The highest BCUT2D eigenvalue weighted by atomic mass is 35.5. The number of carboxylic acids is 1. The monoisotopic (exact) mass is 233 g/mol. The number of nitrogens with one attached hydrogen (secondary N) is 1. The van der Waals surface area contributed by atoms with Gasteiger partial charge in [0, 0.05) is 0 Å². The lowest BCUT2D eigenvalue weighted by molar-refractivity contribution is -0.147. The summed E-state index contributed by atoms with van der Waals surface area (Å²) in [6.45, 7) is 0. The largest absolute Gasteiger partial charge is 0.474 e. The fourth-order valence-corrected chi connectivity index (χ4v) is 1.12. The van der Waals surface area contributed by atoms with E-state index in [2.05, 4.69) is 5.32 Å². The van der Waals surface area contributed by atoms with Crippen LogP contribution in [0.15, 0.2) is 18.2 Å². The summed E-state index contributed by atoms with van der Waals surface area (Å²) in [4.78, 5) is 21.0. The molecular formula is C8H5Cl2NO3. The summed E-state index contributed by atoms with van der Waals surface area (Å²) < 4.78 is 0. The standard InChI is InChI=1S/C8H5Cl2NO3/c9-4-2-1-3-5(6(4)10)11-7(12)8(13)14/h1-3H,(H,11,12)(H,13,14). The number of hydrogen-bond acceptors (Lipinski definition) is 2. The molecule has 0 atom stereocenters. The maximum atomic E-state index is 10.8. The van der Waals surface area contributed by atoms with E-state index < -0.39 is 11.9 Å². The quantitative estimate of drug-likeness (QED) is 0.730. The van der Waals surface area contributed by atoms with E-state index in [0.29, 0.717) is 0 Å². The fraction of sp³-hybridized carbons (Fsp3) is 0. The Balaban J connectivity index is 2.93. The topological polar surface area (TPSA) is 66.4 Å². The highest BCUT2D eigenvalue weighted by Gasteiger charge is 2.13. The molecule has 0 radical (unpaired) electrons. The summed E-state index contributed by atoms with van der Waals surface area (Å²) in [5.41, 5.74) is 0.173. The maximum Gasteiger partial charge on any atom is 0.394 e. The number of rotatable bonds is 1. The summed E-state index contributed by atoms with van der Waals surface area (Å²) in [5, 5.41) is 10.8. The second kappa shape index (κ2) is 4.30. The Morgan fingerprint density at radius 2 is 1.93 bits per heavy atom. The third-order valence-electron chi connectivity index (χ3n) is 1.39. The van der Waals surface area contributed by atoms with Gasteiger partial charge in [-0.25, -0.2) is 4.79 Å². The summed E-state index contributed by atoms with van der Waals surface area (Å²) >= 11 is 11.3. The molecule has 0 heterocycles. The van der Waals surface area contributed by atoms with Gasteiger partial charge in [-0.2, -0.15) is 0 Å². The lowest BCUT2D eigenvalue weighted by Gasteiger charge is -2.04. The summed E-state index contributed by atoms with van der Waals surface area (Å²) in [7, 11) is 0. The number of halogens is 2. The number of carboxylic acid groups (broad SMARTS) is 1. The van der Waals surface area contributed by atoms with Crippen molar-refractivity contribution in [3.8, 4) is 0 Å². The summed E-state index contributed by atoms with van der Waals surface area (Å²) in [5.74, 6) is -2.74. The fourth-order valence-electron chi connectivity index (χ4n) is 0.776. The minimum atomic E-state index is -1.58. The molecule has 0 saturated carbocycles. The normalized spacial score (nSPS) is 9.57. The van der Waals surface area contributed by atoms with Crippen LogP contribution in [0.2, 0.25) is 10.0 Å². The second-order valence-corrected chi connectivity index (χ2v) is 3.15. The van der Waals surface area contributed by atoms with Crippen LogP contribution < -0.4 is 5.32 Å². The van der Waals surface area contributed by atoms with Gasteiger partial charge in [0.1, 0.15) is 0 Å². The van der Waals surface area contributed by atoms with E-state index in [1.165, 1.54) is 12.1 Å². The SMILES string of the molecule is O=C(O)C(=O)Nc1cccc(Cl)c1Cl. The van der Waals surface area contributed by atoms with Crippen LogP contribution in [0.1, 0.15) is 0 Å². The molecule has 1 amide bonds. The lowest BCUT2D eigenvalue weighted by atomic mass is 10.3. The Morgan fingerprint density at radius 1 is 1.29 bits per heavy atom. The average molecular weight is 234 g/mol. The average Bonchev–Trinajstić information content (AvgIpc) is 2.12. The van der Waals surface area contributed by atoms with E-state index in [0.717, 1.165) is 0 Å². The smallest absolute Gasteiger partial charge is 0.394 e. The van der Waals surface area contributed by atoms with Gasteiger partial charge in [0.05, 0.1) is 15.7 Å². The van der Waals surface area contributed by atoms with Crippen LogP contribution in [0.5, 0.6) is 0 Å². The Labute approximate surface area is 89.4 Å². The predicted octanol–water partition coefficient (Wildman–Crippen LogP) is 2.02. The molecule has 6 heteroatoms. The van der Waals surface area contributed by atoms with Gasteiger partial charge in [-0.3, -0.25) is 4.79 Å². The van der Waals surface area contributed by atoms with Gasteiger partial charge in [0.25, 0.3) is 0 Å². The van der Waals surface area contributed by atoms with Gasteiger partial charge < -0.3 is 10.4 Å². The van der Waals surface area contributed by atoms with Gasteiger partial charge >= 0.3 is 11.9 Å². The number of hydrogen-bond donors (Lipinski definition) is 2. The second-order valence-electron chi connectivity index (χ2n) is 2.36. The Kier molecular flexibility index (Phi) is 3.33. The number of carbonyl (C=O) groups is 2. The number of anilines is 1. The van der Waals surface area contributed by atoms with E-state index in [-0.39, 0.29) is 15.7 Å². The molecule has 0 saturated heterocycles. The van der Waals surface area contributed by atoms with E-state index in [4.69, 9.17) is 28.3 Å². The van der Waals surface area contributed by atoms with E-state index >= 15 is 0 Å². The van der Waals surface area contributed by atoms with Crippen molar-refractivity contribution >= 4 is 40.8 Å². The van der Waals surface area contributed by atoms with Crippen molar-refractivity contribution < 1.29 is 14.7 Å². The molecule has 1 aromatic carbocycles. The van der Waals surface area contributed by atoms with Crippen LogP contribution in [-0.2, 0) is 9.59 Å². The van der Waals surface area contributed by atoms with Crippen molar-refractivity contribution in [3.05, 3.63) is 28.2 Å². The third-order valence-corrected chi connectivity index (χ3v) is 2.21. The molecule has 0 bridgehead atoms. The first-order valence-corrected chi connectivity index (χ1v) is 4.26. The van der Waals surface area contributed by atoms with Gasteiger partial charge in [-0.1, -0.05) is 29.3 Å². The van der Waals surface area contributed by atoms with Gasteiger partial charge in [-0.15, -0.1) is 0 Å². The molecular weight excluding hydrogens is 229 g/mol. The van der Waals surface area contributed by atoms with Gasteiger partial charge in [0.15, 0.2) is 0 Å². The minimum absolute atomic E-state index is 0.115. The van der Waals surface area contributed by atoms with Crippen molar-refractivity contribution in [1.29, 1.82) is 0 Å². The minimum Gasteiger partial charge on any atom is -0.474 e. The molecule has 0 aliphatic rings. The van der Waals surface area contributed by atoms with Crippen molar-refractivity contribution in [2.75, 3.05) is 5.32 Å². The van der Waals surface area contributed by atoms with Crippen LogP contribution in [0.25, 0.3) is 0 Å². The first-order valence-electron chi connectivity index (χ1n) is 3.50. The highest BCUT2D eigenvalue weighted by molar-refractivity contribution is 6.45. The van der Waals surface area contributed by atoms with E-state index in [1.54, 1.807) is 6.07 Å². The molecule has 1 rings (SSSR count). The molecule has 14 heavy (non-hydrogen) atoms. The van der Waals surface area contributed by atoms with Crippen molar-refractivity contribution in [1.82, 2.24) is 0 Å². The van der Waals surface area contributed by atoms with E-state index in [1.807, 2.05) is 0 Å². The van der Waals surface area contributed by atoms with Crippen LogP contribution in [-0.4, -0.2) is 17.0 Å². The zero-order valence-corrected chi connectivity index (χ0v) is 8.26. The van der Waals surface area contributed by atoms with Gasteiger partial charge in [-0.05, 0) is 12.1 Å². The molecule has 0 aromatic heterocycles. The molecule has 1 aromatic rings. The van der Waals surface area contributed by atoms with Crippen LogP contribution in [0, 0.1) is 0 Å². The molecule has 0 unspecified atom stereocenters. The number of benzene rings is 1. The van der Waals surface area contributed by atoms with E-state index in [9.17, 15) is 9.59 Å². The molecule has 4 nitrogen and oxygen atoms in total. The molecule has 0 aliphatic heterocycles. The molecule has 0 spiro atoms. The Hall–Kier alpha value is -1.26. The highest BCUT2D eigenvalue weighted by Crippen LogP contribution is 2.29. The Morgan fingerprint density at radius 3 is 2.50 bits per heavy atom. The summed E-state index contributed by atoms with van der Waals surface area (Å²) in [6.07, 6.45) is 0. The van der Waals surface area contributed by atoms with Gasteiger partial charge in [0.2, 0.25) is 0 Å². The first kappa shape index (κ1) is 10.8. The zero-order chi connectivity index (χ0) is 10.7. The lowest BCUT2D eigenvalue weighted by Crippen LogP contribution is -2.21. The zero-order valence-electron chi connectivity index (χ0n) is 6.75. The van der Waals surface area contributed by atoms with Crippen LogP contribution >= 0.6 is 23.2 Å². The third kappa shape index (κ3) is 2.37. The van der Waals surface area contributed by atoms with Crippen molar-refractivity contribution in [2.45, 2.75) is 0 Å². The number of carbonyl (C=O) groups excluding carboxylic acids is 1. The summed E-state index contributed by atoms with van der Waals surface area (Å²) in [6, 6.07) is 4.53. The number of aliphatic carboxylic acids is 1. The molecule has 74 valence electrons. The molecule has 0 aliphatic carbocycles. The van der Waals surface area contributed by atoms with Crippen LogP contribution in [0.3, 0.4) is 0 Å². The first-order chi connectivity index (χ1) is 6.52. The van der Waals surface area contributed by atoms with Crippen LogP contribution in [0.4, 0.5) is 5.69 Å².